The molecule has 120 valence electrons. The molecule has 1 unspecified atom stereocenters. The van der Waals surface area contributed by atoms with Crippen molar-refractivity contribution in [2.45, 2.75) is 25.8 Å². The molecule has 1 heterocycles. The summed E-state index contributed by atoms with van der Waals surface area (Å²) in [7, 11) is 0. The molecule has 0 radical (unpaired) electrons. The van der Waals surface area contributed by atoms with Gasteiger partial charge in [-0.3, -0.25) is 10.1 Å². The van der Waals surface area contributed by atoms with Crippen molar-refractivity contribution < 1.29 is 19.2 Å². The van der Waals surface area contributed by atoms with Crippen molar-refractivity contribution in [2.75, 3.05) is 19.6 Å². The van der Waals surface area contributed by atoms with Gasteiger partial charge in [-0.1, -0.05) is 0 Å². The molecule has 8 heteroatoms. The van der Waals surface area contributed by atoms with Crippen molar-refractivity contribution in [3.8, 4) is 0 Å². The Labute approximate surface area is 126 Å². The third-order valence-corrected chi connectivity index (χ3v) is 4.12. The van der Waals surface area contributed by atoms with E-state index in [1.807, 2.05) is 0 Å². The number of amides is 1. The molecule has 0 saturated carbocycles. The molecule has 7 nitrogen and oxygen atoms in total. The lowest BCUT2D eigenvalue weighted by molar-refractivity contribution is -0.385. The van der Waals surface area contributed by atoms with E-state index in [-0.39, 0.29) is 12.1 Å². The second-order valence-electron chi connectivity index (χ2n) is 5.75. The first kappa shape index (κ1) is 16.2. The van der Waals surface area contributed by atoms with Crippen LogP contribution in [-0.2, 0) is 6.42 Å². The number of nitro benzene ring substituents is 1. The van der Waals surface area contributed by atoms with E-state index in [1.165, 1.54) is 11.0 Å². The summed E-state index contributed by atoms with van der Waals surface area (Å²) in [5.74, 6) is -0.693. The minimum absolute atomic E-state index is 0.205. The van der Waals surface area contributed by atoms with Gasteiger partial charge >= 0.3 is 6.09 Å². The van der Waals surface area contributed by atoms with E-state index in [1.54, 1.807) is 13.8 Å². The smallest absolute Gasteiger partial charge is 0.407 e. The molecule has 1 saturated heterocycles. The SMILES string of the molecule is Cc1c(CC2(C)CNCCN2C(=O)O)cc(F)cc1[N+](=O)[O-]. The third kappa shape index (κ3) is 3.01. The highest BCUT2D eigenvalue weighted by atomic mass is 19.1. The van der Waals surface area contributed by atoms with Gasteiger partial charge in [-0.05, 0) is 31.9 Å². The Morgan fingerprint density at radius 1 is 1.59 bits per heavy atom. The summed E-state index contributed by atoms with van der Waals surface area (Å²) >= 11 is 0. The van der Waals surface area contributed by atoms with E-state index in [2.05, 4.69) is 5.32 Å². The zero-order valence-electron chi connectivity index (χ0n) is 12.4. The Bertz CT molecular complexity index is 622. The fraction of sp³-hybridized carbons (Fsp3) is 0.500. The molecule has 0 spiro atoms. The number of hydrogen-bond acceptors (Lipinski definition) is 4. The number of nitro groups is 1. The van der Waals surface area contributed by atoms with E-state index in [0.717, 1.165) is 6.07 Å². The van der Waals surface area contributed by atoms with Gasteiger partial charge in [0, 0.05) is 25.2 Å². The summed E-state index contributed by atoms with van der Waals surface area (Å²) in [5, 5.41) is 23.4. The zero-order chi connectivity index (χ0) is 16.5. The van der Waals surface area contributed by atoms with Crippen molar-refractivity contribution in [3.63, 3.8) is 0 Å². The van der Waals surface area contributed by atoms with E-state index < -0.39 is 22.4 Å². The number of hydrogen-bond donors (Lipinski definition) is 2. The van der Waals surface area contributed by atoms with Gasteiger partial charge in [0.1, 0.15) is 5.82 Å². The van der Waals surface area contributed by atoms with Gasteiger partial charge in [0.2, 0.25) is 0 Å². The predicted molar refractivity (Wildman–Crippen MR) is 77.5 cm³/mol. The van der Waals surface area contributed by atoms with Gasteiger partial charge < -0.3 is 15.3 Å². The third-order valence-electron chi connectivity index (χ3n) is 4.12. The van der Waals surface area contributed by atoms with Gasteiger partial charge in [0.15, 0.2) is 0 Å². The van der Waals surface area contributed by atoms with E-state index in [4.69, 9.17) is 0 Å². The number of halogens is 1. The summed E-state index contributed by atoms with van der Waals surface area (Å²) in [6, 6.07) is 2.12. The molecule has 1 atom stereocenters. The molecule has 22 heavy (non-hydrogen) atoms. The summed E-state index contributed by atoms with van der Waals surface area (Å²) in [5.41, 5.74) is -0.256. The van der Waals surface area contributed by atoms with Crippen LogP contribution in [0.4, 0.5) is 14.9 Å². The molecule has 0 bridgehead atoms. The number of rotatable bonds is 3. The molecule has 1 aliphatic rings. The summed E-state index contributed by atoms with van der Waals surface area (Å²) in [6.45, 7) is 4.58. The fourth-order valence-corrected chi connectivity index (χ4v) is 2.90. The van der Waals surface area contributed by atoms with E-state index in [0.29, 0.717) is 30.8 Å². The lowest BCUT2D eigenvalue weighted by atomic mass is 9.87. The van der Waals surface area contributed by atoms with Gasteiger partial charge in [-0.2, -0.15) is 0 Å². The van der Waals surface area contributed by atoms with Crippen LogP contribution in [0, 0.1) is 22.9 Å². The van der Waals surface area contributed by atoms with Crippen molar-refractivity contribution in [2.24, 2.45) is 0 Å². The maximum atomic E-state index is 13.7. The fourth-order valence-electron chi connectivity index (χ4n) is 2.90. The molecule has 1 aliphatic heterocycles. The van der Waals surface area contributed by atoms with Crippen LogP contribution in [0.5, 0.6) is 0 Å². The van der Waals surface area contributed by atoms with Crippen LogP contribution in [0.2, 0.25) is 0 Å². The second kappa shape index (κ2) is 5.88. The van der Waals surface area contributed by atoms with Gasteiger partial charge in [-0.25, -0.2) is 9.18 Å². The van der Waals surface area contributed by atoms with Crippen LogP contribution < -0.4 is 5.32 Å². The Morgan fingerprint density at radius 2 is 2.27 bits per heavy atom. The molecule has 2 N–H and O–H groups in total. The second-order valence-corrected chi connectivity index (χ2v) is 5.75. The van der Waals surface area contributed by atoms with Crippen LogP contribution in [-0.4, -0.2) is 46.2 Å². The Kier molecular flexibility index (Phi) is 4.32. The molecular weight excluding hydrogens is 293 g/mol. The normalized spacial score (nSPS) is 21.7. The predicted octanol–water partition coefficient (Wildman–Crippen LogP) is 1.93. The van der Waals surface area contributed by atoms with Crippen molar-refractivity contribution >= 4 is 11.8 Å². The minimum atomic E-state index is -1.05. The van der Waals surface area contributed by atoms with Crippen LogP contribution in [0.15, 0.2) is 12.1 Å². The number of carboxylic acid groups (broad SMARTS) is 1. The molecule has 2 rings (SSSR count). The highest BCUT2D eigenvalue weighted by Gasteiger charge is 2.38. The Morgan fingerprint density at radius 3 is 2.86 bits per heavy atom. The molecule has 0 aliphatic carbocycles. The highest BCUT2D eigenvalue weighted by Crippen LogP contribution is 2.29. The lowest BCUT2D eigenvalue weighted by Gasteiger charge is -2.43. The number of piperazine rings is 1. The minimum Gasteiger partial charge on any atom is -0.465 e. The topological polar surface area (TPSA) is 95.7 Å². The molecular formula is C14H18FN3O4. The number of benzene rings is 1. The Hall–Kier alpha value is -2.22. The quantitative estimate of drug-likeness (QED) is 0.657. The molecule has 1 aromatic carbocycles. The number of nitrogens with zero attached hydrogens (tertiary/aromatic N) is 2. The molecule has 0 aromatic heterocycles. The maximum absolute atomic E-state index is 13.7. The number of nitrogens with one attached hydrogen (secondary N) is 1. The first-order valence-corrected chi connectivity index (χ1v) is 6.89. The van der Waals surface area contributed by atoms with E-state index in [9.17, 15) is 24.4 Å². The van der Waals surface area contributed by atoms with Crippen molar-refractivity contribution in [1.29, 1.82) is 0 Å². The van der Waals surface area contributed by atoms with Gasteiger partial charge in [0.05, 0.1) is 16.5 Å². The van der Waals surface area contributed by atoms with Gasteiger partial charge in [-0.15, -0.1) is 0 Å². The summed E-state index contributed by atoms with van der Waals surface area (Å²) < 4.78 is 13.7. The van der Waals surface area contributed by atoms with Crippen LogP contribution in [0.25, 0.3) is 0 Å². The van der Waals surface area contributed by atoms with Crippen LogP contribution in [0.3, 0.4) is 0 Å². The van der Waals surface area contributed by atoms with Gasteiger partial charge in [0.25, 0.3) is 5.69 Å². The lowest BCUT2D eigenvalue weighted by Crippen LogP contribution is -2.62. The summed E-state index contributed by atoms with van der Waals surface area (Å²) in [6.07, 6.45) is -0.843. The monoisotopic (exact) mass is 311 g/mol. The maximum Gasteiger partial charge on any atom is 0.407 e. The molecule has 1 amide bonds. The zero-order valence-corrected chi connectivity index (χ0v) is 12.4. The average molecular weight is 311 g/mol. The average Bonchev–Trinajstić information content (AvgIpc) is 2.42. The highest BCUT2D eigenvalue weighted by molar-refractivity contribution is 5.66. The van der Waals surface area contributed by atoms with Crippen molar-refractivity contribution in [3.05, 3.63) is 39.2 Å². The number of carbonyl (C=O) groups is 1. The molecule has 1 fully saturated rings. The van der Waals surface area contributed by atoms with Crippen LogP contribution >= 0.6 is 0 Å². The van der Waals surface area contributed by atoms with E-state index >= 15 is 0 Å². The summed E-state index contributed by atoms with van der Waals surface area (Å²) in [4.78, 5) is 23.1. The largest absolute Gasteiger partial charge is 0.465 e. The molecule has 1 aromatic rings. The Balaban J connectivity index is 2.40. The van der Waals surface area contributed by atoms with Crippen LogP contribution in [0.1, 0.15) is 18.1 Å². The van der Waals surface area contributed by atoms with Crippen molar-refractivity contribution in [1.82, 2.24) is 10.2 Å². The first-order chi connectivity index (χ1) is 10.2. The standard InChI is InChI=1S/C14H18FN3O4/c1-9-10(5-11(15)6-12(9)18(21)22)7-14(2)8-16-3-4-17(14)13(19)20/h5-6,16H,3-4,7-8H2,1-2H3,(H,19,20). The first-order valence-electron chi connectivity index (χ1n) is 6.89.